The molecule has 296 valence electrons. The molecule has 2 heterocycles. The maximum Gasteiger partial charge on any atom is 0.167 e. The van der Waals surface area contributed by atoms with Gasteiger partial charge in [-0.25, -0.2) is 15.0 Å². The highest BCUT2D eigenvalue weighted by Crippen LogP contribution is 2.63. The molecule has 14 rings (SSSR count). The van der Waals surface area contributed by atoms with Gasteiger partial charge in [-0.3, -0.25) is 0 Å². The molecule has 0 fully saturated rings. The van der Waals surface area contributed by atoms with E-state index in [4.69, 9.17) is 19.4 Å². The smallest absolute Gasteiger partial charge is 0.167 e. The maximum atomic E-state index is 6.59. The summed E-state index contributed by atoms with van der Waals surface area (Å²) in [5.41, 5.74) is 16.2. The van der Waals surface area contributed by atoms with Crippen molar-refractivity contribution in [1.82, 2.24) is 15.0 Å². The average molecular weight is 814 g/mol. The van der Waals surface area contributed by atoms with Crippen molar-refractivity contribution >= 4 is 43.5 Å². The largest absolute Gasteiger partial charge is 0.455 e. The minimum absolute atomic E-state index is 0.433. The van der Waals surface area contributed by atoms with E-state index in [0.717, 1.165) is 44.2 Å². The van der Waals surface area contributed by atoms with Crippen LogP contribution in [0.4, 0.5) is 0 Å². The Morgan fingerprint density at radius 1 is 0.312 bits per heavy atom. The molecule has 2 aliphatic carbocycles. The van der Waals surface area contributed by atoms with Crippen LogP contribution in [0.5, 0.6) is 0 Å². The molecule has 0 saturated carbocycles. The summed E-state index contributed by atoms with van der Waals surface area (Å²) in [6.07, 6.45) is 0. The van der Waals surface area contributed by atoms with E-state index in [1.165, 1.54) is 71.6 Å². The number of fused-ring (bicyclic) bond motifs is 16. The van der Waals surface area contributed by atoms with Crippen LogP contribution in [0.15, 0.2) is 217 Å². The number of hydrogen-bond acceptors (Lipinski definition) is 4. The highest BCUT2D eigenvalue weighted by atomic mass is 16.3. The Hall–Kier alpha value is -8.47. The van der Waals surface area contributed by atoms with E-state index in [2.05, 4.69) is 194 Å². The number of aromatic nitrogens is 3. The van der Waals surface area contributed by atoms with Crippen LogP contribution in [-0.4, -0.2) is 15.0 Å². The van der Waals surface area contributed by atoms with Gasteiger partial charge in [0.1, 0.15) is 11.2 Å². The van der Waals surface area contributed by atoms with E-state index in [1.807, 2.05) is 18.2 Å². The van der Waals surface area contributed by atoms with E-state index in [9.17, 15) is 0 Å². The van der Waals surface area contributed by atoms with Gasteiger partial charge in [-0.1, -0.05) is 188 Å². The topological polar surface area (TPSA) is 51.8 Å². The Kier molecular flexibility index (Phi) is 7.29. The molecule has 0 atom stereocenters. The summed E-state index contributed by atoms with van der Waals surface area (Å²) in [5, 5.41) is 6.97. The molecule has 12 aromatic rings. The molecule has 0 N–H and O–H groups in total. The van der Waals surface area contributed by atoms with Gasteiger partial charge in [0.25, 0.3) is 0 Å². The molecule has 4 heteroatoms. The second-order valence-electron chi connectivity index (χ2n) is 17.0. The first-order valence-corrected chi connectivity index (χ1v) is 21.8. The van der Waals surface area contributed by atoms with Crippen LogP contribution in [-0.2, 0) is 5.41 Å². The fraction of sp³-hybridized carbons (Fsp3) is 0.0167. The summed E-state index contributed by atoms with van der Waals surface area (Å²) in [6.45, 7) is 0. The van der Waals surface area contributed by atoms with Crippen molar-refractivity contribution in [3.05, 3.63) is 235 Å². The van der Waals surface area contributed by atoms with Gasteiger partial charge in [0.05, 0.1) is 11.0 Å². The quantitative estimate of drug-likeness (QED) is 0.166. The lowest BCUT2D eigenvalue weighted by molar-refractivity contribution is 0.669. The van der Waals surface area contributed by atoms with Crippen LogP contribution in [0.3, 0.4) is 0 Å². The zero-order valence-electron chi connectivity index (χ0n) is 34.5. The van der Waals surface area contributed by atoms with Gasteiger partial charge in [0, 0.05) is 21.9 Å². The van der Waals surface area contributed by atoms with Crippen LogP contribution in [0, 0.1) is 0 Å². The third-order valence-corrected chi connectivity index (χ3v) is 13.7. The predicted molar refractivity (Wildman–Crippen MR) is 260 cm³/mol. The summed E-state index contributed by atoms with van der Waals surface area (Å²) in [6, 6.07) is 76.2. The maximum absolute atomic E-state index is 6.59. The molecule has 0 aliphatic heterocycles. The number of para-hydroxylation sites is 2. The third kappa shape index (κ3) is 4.85. The van der Waals surface area contributed by atoms with E-state index < -0.39 is 5.41 Å². The van der Waals surface area contributed by atoms with Gasteiger partial charge < -0.3 is 4.42 Å². The first-order valence-electron chi connectivity index (χ1n) is 21.8. The lowest BCUT2D eigenvalue weighted by atomic mass is 9.70. The second-order valence-corrected chi connectivity index (χ2v) is 17.0. The van der Waals surface area contributed by atoms with Gasteiger partial charge >= 0.3 is 0 Å². The number of furan rings is 1. The minimum atomic E-state index is -0.433. The van der Waals surface area contributed by atoms with Crippen molar-refractivity contribution in [2.45, 2.75) is 5.41 Å². The third-order valence-electron chi connectivity index (χ3n) is 13.7. The summed E-state index contributed by atoms with van der Waals surface area (Å²) in [5.74, 6) is 1.75. The van der Waals surface area contributed by atoms with Crippen LogP contribution < -0.4 is 0 Å². The molecule has 10 aromatic carbocycles. The Balaban J connectivity index is 0.994. The van der Waals surface area contributed by atoms with Gasteiger partial charge in [-0.15, -0.1) is 0 Å². The van der Waals surface area contributed by atoms with Crippen molar-refractivity contribution in [3.63, 3.8) is 0 Å². The fourth-order valence-electron chi connectivity index (χ4n) is 11.0. The Bertz CT molecular complexity index is 3890. The van der Waals surface area contributed by atoms with Crippen LogP contribution in [0.25, 0.3) is 111 Å². The molecule has 4 nitrogen and oxygen atoms in total. The summed E-state index contributed by atoms with van der Waals surface area (Å²) in [7, 11) is 0. The molecule has 0 unspecified atom stereocenters. The van der Waals surface area contributed by atoms with Crippen molar-refractivity contribution in [3.8, 4) is 67.5 Å². The molecule has 0 radical (unpaired) electrons. The van der Waals surface area contributed by atoms with Gasteiger partial charge in [-0.05, 0) is 101 Å². The zero-order chi connectivity index (χ0) is 41.9. The highest BCUT2D eigenvalue weighted by Gasteiger charge is 2.51. The molecular formula is C60H35N3O. The predicted octanol–water partition coefficient (Wildman–Crippen LogP) is 15.1. The van der Waals surface area contributed by atoms with E-state index in [0.29, 0.717) is 17.5 Å². The van der Waals surface area contributed by atoms with Gasteiger partial charge in [-0.2, -0.15) is 0 Å². The Morgan fingerprint density at radius 2 is 0.828 bits per heavy atom. The molecular weight excluding hydrogens is 779 g/mol. The van der Waals surface area contributed by atoms with Crippen LogP contribution >= 0.6 is 0 Å². The number of nitrogens with zero attached hydrogens (tertiary/aromatic N) is 3. The van der Waals surface area contributed by atoms with Crippen molar-refractivity contribution < 1.29 is 4.42 Å². The fourth-order valence-corrected chi connectivity index (χ4v) is 11.0. The minimum Gasteiger partial charge on any atom is -0.455 e. The van der Waals surface area contributed by atoms with Gasteiger partial charge in [0.2, 0.25) is 0 Å². The Morgan fingerprint density at radius 3 is 1.61 bits per heavy atom. The Labute approximate surface area is 368 Å². The lowest BCUT2D eigenvalue weighted by Crippen LogP contribution is -2.25. The normalized spacial score (nSPS) is 13.1. The first-order chi connectivity index (χ1) is 31.7. The molecule has 0 amide bonds. The van der Waals surface area contributed by atoms with Crippen molar-refractivity contribution in [2.75, 3.05) is 0 Å². The van der Waals surface area contributed by atoms with E-state index >= 15 is 0 Å². The number of benzene rings is 10. The lowest BCUT2D eigenvalue weighted by Gasteiger charge is -2.30. The highest BCUT2D eigenvalue weighted by molar-refractivity contribution is 6.14. The SMILES string of the molecule is c1cc(-c2nc(-c3ccc4c(c3)-c3ccccc3C43c4ccccc4-c4ccccc43)nc(-c3cccc4c3oc3ccccc34)n2)cc(-c2cccc3ccc4ccccc4c23)c1. The number of hydrogen-bond donors (Lipinski definition) is 0. The number of rotatable bonds is 4. The average Bonchev–Trinajstić information content (AvgIpc) is 4.00. The van der Waals surface area contributed by atoms with Gasteiger partial charge in [0.15, 0.2) is 17.5 Å². The van der Waals surface area contributed by atoms with Crippen LogP contribution in [0.1, 0.15) is 22.3 Å². The molecule has 1 spiro atoms. The zero-order valence-corrected chi connectivity index (χ0v) is 34.5. The van der Waals surface area contributed by atoms with Crippen molar-refractivity contribution in [2.24, 2.45) is 0 Å². The van der Waals surface area contributed by atoms with Crippen molar-refractivity contribution in [1.29, 1.82) is 0 Å². The summed E-state index contributed by atoms with van der Waals surface area (Å²) < 4.78 is 6.59. The van der Waals surface area contributed by atoms with E-state index in [1.54, 1.807) is 0 Å². The summed E-state index contributed by atoms with van der Waals surface area (Å²) in [4.78, 5) is 16.0. The van der Waals surface area contributed by atoms with Crippen LogP contribution in [0.2, 0.25) is 0 Å². The molecule has 64 heavy (non-hydrogen) atoms. The summed E-state index contributed by atoms with van der Waals surface area (Å²) >= 11 is 0. The standard InChI is InChI=1S/C60H35N3O/c1-2-18-41-36(14-1)30-31-37-15-12-23-42(55(37)41)38-16-11-17-39(34-38)57-61-58(63-59(62-57)48-25-13-24-47-46-22-6-10-29-54(46)64-56(47)48)40-32-33-53-49(35-40)45-21-5-9-28-52(45)60(53)50-26-7-3-19-43(50)44-20-4-8-27-51(44)60/h1-35H. The second kappa shape index (κ2) is 13.3. The molecule has 0 bridgehead atoms. The van der Waals surface area contributed by atoms with E-state index in [-0.39, 0.29) is 0 Å². The molecule has 0 saturated heterocycles. The monoisotopic (exact) mass is 813 g/mol. The molecule has 2 aromatic heterocycles. The first kappa shape index (κ1) is 35.2. The molecule has 2 aliphatic rings.